The Morgan fingerprint density at radius 1 is 1.28 bits per heavy atom. The summed E-state index contributed by atoms with van der Waals surface area (Å²) in [6.07, 6.45) is 10.7. The molecule has 2 N–H and O–H groups in total. The van der Waals surface area contributed by atoms with Gasteiger partial charge in [-0.15, -0.1) is 24.0 Å². The van der Waals surface area contributed by atoms with Crippen molar-refractivity contribution in [2.75, 3.05) is 26.3 Å². The van der Waals surface area contributed by atoms with E-state index >= 15 is 0 Å². The van der Waals surface area contributed by atoms with Crippen LogP contribution >= 0.6 is 24.0 Å². The number of hydrogen-bond acceptors (Lipinski definition) is 4. The minimum atomic E-state index is 0. The molecule has 8 heteroatoms. The van der Waals surface area contributed by atoms with Gasteiger partial charge in [0.2, 0.25) is 0 Å². The van der Waals surface area contributed by atoms with Crippen LogP contribution in [0.4, 0.5) is 0 Å². The van der Waals surface area contributed by atoms with E-state index in [2.05, 4.69) is 27.6 Å². The Hall–Kier alpha value is -1.55. The van der Waals surface area contributed by atoms with Crippen LogP contribution in [0.15, 0.2) is 40.1 Å². The maximum absolute atomic E-state index is 5.40. The van der Waals surface area contributed by atoms with E-state index in [1.165, 1.54) is 25.7 Å². The van der Waals surface area contributed by atoms with Crippen LogP contribution in [0.5, 0.6) is 0 Å². The predicted molar refractivity (Wildman–Crippen MR) is 126 cm³/mol. The van der Waals surface area contributed by atoms with E-state index in [1.807, 2.05) is 19.1 Å². The maximum atomic E-state index is 5.40. The van der Waals surface area contributed by atoms with Crippen molar-refractivity contribution in [2.45, 2.75) is 58.0 Å². The Bertz CT molecular complexity index is 696. The molecule has 7 nitrogen and oxygen atoms in total. The first kappa shape index (κ1) is 23.7. The van der Waals surface area contributed by atoms with Crippen LogP contribution in [0.2, 0.25) is 0 Å². The van der Waals surface area contributed by atoms with Crippen LogP contribution < -0.4 is 10.6 Å². The zero-order valence-corrected chi connectivity index (χ0v) is 19.6. The maximum Gasteiger partial charge on any atom is 0.191 e. The number of aromatic nitrogens is 2. The number of nitrogens with one attached hydrogen (secondary N) is 2. The van der Waals surface area contributed by atoms with Crippen LogP contribution in [0.25, 0.3) is 0 Å². The fraction of sp³-hybridized carbons (Fsp3) is 0.619. The van der Waals surface area contributed by atoms with Crippen molar-refractivity contribution < 1.29 is 9.15 Å². The van der Waals surface area contributed by atoms with E-state index in [1.54, 1.807) is 6.26 Å². The molecule has 3 rings (SSSR count). The van der Waals surface area contributed by atoms with Crippen LogP contribution in [-0.4, -0.2) is 42.0 Å². The molecule has 0 amide bonds. The highest BCUT2D eigenvalue weighted by atomic mass is 127. The van der Waals surface area contributed by atoms with Crippen molar-refractivity contribution in [1.82, 2.24) is 20.4 Å². The molecule has 0 bridgehead atoms. The summed E-state index contributed by atoms with van der Waals surface area (Å²) in [7, 11) is 0. The average Bonchev–Trinajstić information content (AvgIpc) is 3.47. The average molecular weight is 515 g/mol. The summed E-state index contributed by atoms with van der Waals surface area (Å²) >= 11 is 0. The predicted octanol–water partition coefficient (Wildman–Crippen LogP) is 3.91. The summed E-state index contributed by atoms with van der Waals surface area (Å²) in [5.41, 5.74) is 1.01. The second kappa shape index (κ2) is 13.6. The van der Waals surface area contributed by atoms with E-state index in [0.717, 1.165) is 56.6 Å². The minimum absolute atomic E-state index is 0. The van der Waals surface area contributed by atoms with E-state index in [9.17, 15) is 0 Å². The molecule has 2 heterocycles. The Morgan fingerprint density at radius 2 is 2.10 bits per heavy atom. The van der Waals surface area contributed by atoms with Gasteiger partial charge < -0.3 is 19.8 Å². The second-order valence-corrected chi connectivity index (χ2v) is 7.12. The molecule has 2 aromatic heterocycles. The molecule has 0 unspecified atom stereocenters. The van der Waals surface area contributed by atoms with Gasteiger partial charge in [-0.2, -0.15) is 5.10 Å². The first-order valence-electron chi connectivity index (χ1n) is 10.5. The molecule has 29 heavy (non-hydrogen) atoms. The molecule has 1 fully saturated rings. The van der Waals surface area contributed by atoms with Crippen molar-refractivity contribution in [2.24, 2.45) is 4.99 Å². The number of rotatable bonds is 11. The molecule has 0 spiro atoms. The standard InChI is InChI=1S/C21H33N5O2.HI/c1-2-27-15-6-12-22-21(23-13-10-20-9-5-16-28-20)24-17-18-11-14-26(25-18)19-7-3-4-8-19;/h5,9,11,14,16,19H,2-4,6-8,10,12-13,15,17H2,1H3,(H2,22,23,24);1H. The summed E-state index contributed by atoms with van der Waals surface area (Å²) in [6.45, 7) is 5.69. The third kappa shape index (κ3) is 8.38. The van der Waals surface area contributed by atoms with E-state index in [-0.39, 0.29) is 24.0 Å². The number of guanidine groups is 1. The van der Waals surface area contributed by atoms with Gasteiger partial charge in [0.1, 0.15) is 5.76 Å². The van der Waals surface area contributed by atoms with E-state index < -0.39 is 0 Å². The minimum Gasteiger partial charge on any atom is -0.469 e. The fourth-order valence-electron chi connectivity index (χ4n) is 3.45. The third-order valence-corrected chi connectivity index (χ3v) is 4.97. The number of ether oxygens (including phenoxy) is 1. The SMILES string of the molecule is CCOCCCNC(=NCc1ccn(C2CCCC2)n1)NCCc1ccco1.I. The number of furan rings is 1. The molecule has 1 aliphatic rings. The lowest BCUT2D eigenvalue weighted by atomic mass is 10.3. The first-order valence-corrected chi connectivity index (χ1v) is 10.5. The van der Waals surface area contributed by atoms with E-state index in [4.69, 9.17) is 19.2 Å². The number of halogens is 1. The van der Waals surface area contributed by atoms with Gasteiger partial charge in [0, 0.05) is 38.9 Å². The molecule has 1 saturated carbocycles. The van der Waals surface area contributed by atoms with Crippen molar-refractivity contribution in [1.29, 1.82) is 0 Å². The summed E-state index contributed by atoms with van der Waals surface area (Å²) in [4.78, 5) is 4.72. The normalized spacial score (nSPS) is 14.7. The number of hydrogen-bond donors (Lipinski definition) is 2. The topological polar surface area (TPSA) is 76.6 Å². The Morgan fingerprint density at radius 3 is 2.86 bits per heavy atom. The lowest BCUT2D eigenvalue weighted by Crippen LogP contribution is -2.39. The molecule has 0 aliphatic heterocycles. The molecule has 0 aromatic carbocycles. The number of aliphatic imine (C=N–C) groups is 1. The molecule has 2 aromatic rings. The van der Waals surface area contributed by atoms with Gasteiger partial charge >= 0.3 is 0 Å². The second-order valence-electron chi connectivity index (χ2n) is 7.12. The monoisotopic (exact) mass is 515 g/mol. The summed E-state index contributed by atoms with van der Waals surface area (Å²) < 4.78 is 12.9. The smallest absolute Gasteiger partial charge is 0.191 e. The number of nitrogens with zero attached hydrogens (tertiary/aromatic N) is 3. The first-order chi connectivity index (χ1) is 13.8. The van der Waals surface area contributed by atoms with Gasteiger partial charge in [-0.1, -0.05) is 12.8 Å². The molecule has 0 saturated heterocycles. The van der Waals surface area contributed by atoms with Gasteiger partial charge in [-0.05, 0) is 44.4 Å². The van der Waals surface area contributed by atoms with Crippen LogP contribution in [-0.2, 0) is 17.7 Å². The van der Waals surface area contributed by atoms with Crippen LogP contribution in [0, 0.1) is 0 Å². The Labute approximate surface area is 190 Å². The molecule has 1 aliphatic carbocycles. The zero-order chi connectivity index (χ0) is 19.4. The van der Waals surface area contributed by atoms with Crippen molar-refractivity contribution >= 4 is 29.9 Å². The highest BCUT2D eigenvalue weighted by Gasteiger charge is 2.17. The summed E-state index contributed by atoms with van der Waals surface area (Å²) in [6, 6.07) is 6.55. The van der Waals surface area contributed by atoms with Gasteiger partial charge in [-0.25, -0.2) is 4.99 Å². The molecule has 162 valence electrons. The van der Waals surface area contributed by atoms with Crippen molar-refractivity contribution in [3.63, 3.8) is 0 Å². The van der Waals surface area contributed by atoms with Crippen LogP contribution in [0.1, 0.15) is 56.5 Å². The lowest BCUT2D eigenvalue weighted by Gasteiger charge is -2.12. The van der Waals surface area contributed by atoms with Crippen molar-refractivity contribution in [3.8, 4) is 0 Å². The van der Waals surface area contributed by atoms with Gasteiger partial charge in [-0.3, -0.25) is 4.68 Å². The largest absolute Gasteiger partial charge is 0.469 e. The fourth-order valence-corrected chi connectivity index (χ4v) is 3.45. The molecule has 0 atom stereocenters. The lowest BCUT2D eigenvalue weighted by molar-refractivity contribution is 0.145. The van der Waals surface area contributed by atoms with E-state index in [0.29, 0.717) is 12.6 Å². The summed E-state index contributed by atoms with van der Waals surface area (Å²) in [5.74, 6) is 1.77. The highest BCUT2D eigenvalue weighted by Crippen LogP contribution is 2.28. The van der Waals surface area contributed by atoms with Gasteiger partial charge in [0.25, 0.3) is 0 Å². The Balaban J connectivity index is 0.00000300. The van der Waals surface area contributed by atoms with Crippen LogP contribution in [0.3, 0.4) is 0 Å². The third-order valence-electron chi connectivity index (χ3n) is 4.97. The molecular formula is C21H34IN5O2. The summed E-state index contributed by atoms with van der Waals surface area (Å²) in [5, 5.41) is 11.5. The molecular weight excluding hydrogens is 481 g/mol. The highest BCUT2D eigenvalue weighted by molar-refractivity contribution is 14.0. The quantitative estimate of drug-likeness (QED) is 0.206. The Kier molecular flexibility index (Phi) is 11.2. The van der Waals surface area contributed by atoms with Crippen molar-refractivity contribution in [3.05, 3.63) is 42.1 Å². The van der Waals surface area contributed by atoms with Gasteiger partial charge in [0.05, 0.1) is 24.5 Å². The molecule has 0 radical (unpaired) electrons. The zero-order valence-electron chi connectivity index (χ0n) is 17.3. The van der Waals surface area contributed by atoms with Gasteiger partial charge in [0.15, 0.2) is 5.96 Å².